The summed E-state index contributed by atoms with van der Waals surface area (Å²) in [6.45, 7) is 1.73. The quantitative estimate of drug-likeness (QED) is 0.670. The van der Waals surface area contributed by atoms with Gasteiger partial charge in [0.25, 0.3) is 11.6 Å². The lowest BCUT2D eigenvalue weighted by atomic mass is 10.0. The molecule has 0 aliphatic carbocycles. The number of likely N-dealkylation sites (N-methyl/N-ethyl adjacent to an activating group) is 1. The molecule has 1 aliphatic rings. The van der Waals surface area contributed by atoms with Crippen LogP contribution in [0.1, 0.15) is 23.2 Å². The summed E-state index contributed by atoms with van der Waals surface area (Å²) in [5, 5.41) is 14.0. The number of hydrogen-bond acceptors (Lipinski definition) is 5. The Kier molecular flexibility index (Phi) is 4.74. The van der Waals surface area contributed by atoms with Gasteiger partial charge in [-0.25, -0.2) is 0 Å². The smallest absolute Gasteiger partial charge is 0.273 e. The third-order valence-corrected chi connectivity index (χ3v) is 3.77. The standard InChI is InChI=1S/C14H19N3O4/c1-16(11-4-3-7-15-9-11)14(18)12-6-5-10(17(19)20)8-13(12)21-2/h5-6,8,11,15H,3-4,7,9H2,1-2H3. The molecule has 0 aromatic heterocycles. The van der Waals surface area contributed by atoms with Crippen LogP contribution in [0.15, 0.2) is 18.2 Å². The topological polar surface area (TPSA) is 84.7 Å². The molecule has 1 fully saturated rings. The van der Waals surface area contributed by atoms with E-state index in [-0.39, 0.29) is 23.4 Å². The van der Waals surface area contributed by atoms with Crippen LogP contribution < -0.4 is 10.1 Å². The second kappa shape index (κ2) is 6.53. The molecule has 114 valence electrons. The number of methoxy groups -OCH3 is 1. The fourth-order valence-corrected chi connectivity index (χ4v) is 2.49. The Morgan fingerprint density at radius 1 is 1.52 bits per heavy atom. The van der Waals surface area contributed by atoms with E-state index in [4.69, 9.17) is 4.74 Å². The van der Waals surface area contributed by atoms with Crippen LogP contribution in [-0.4, -0.2) is 49.0 Å². The lowest BCUT2D eigenvalue weighted by molar-refractivity contribution is -0.384. The van der Waals surface area contributed by atoms with E-state index >= 15 is 0 Å². The van der Waals surface area contributed by atoms with Crippen molar-refractivity contribution < 1.29 is 14.5 Å². The van der Waals surface area contributed by atoms with Crippen LogP contribution >= 0.6 is 0 Å². The maximum absolute atomic E-state index is 12.6. The van der Waals surface area contributed by atoms with Crippen molar-refractivity contribution in [3.63, 3.8) is 0 Å². The SMILES string of the molecule is COc1cc([N+](=O)[O-])ccc1C(=O)N(C)C1CCCNC1. The van der Waals surface area contributed by atoms with E-state index < -0.39 is 4.92 Å². The van der Waals surface area contributed by atoms with E-state index in [9.17, 15) is 14.9 Å². The van der Waals surface area contributed by atoms with Crippen molar-refractivity contribution in [1.82, 2.24) is 10.2 Å². The van der Waals surface area contributed by atoms with E-state index in [2.05, 4.69) is 5.32 Å². The molecule has 0 radical (unpaired) electrons. The van der Waals surface area contributed by atoms with Gasteiger partial charge in [0.2, 0.25) is 0 Å². The highest BCUT2D eigenvalue weighted by Crippen LogP contribution is 2.26. The van der Waals surface area contributed by atoms with Crippen LogP contribution in [0.5, 0.6) is 5.75 Å². The van der Waals surface area contributed by atoms with Crippen molar-refractivity contribution in [3.8, 4) is 5.75 Å². The molecule has 0 bridgehead atoms. The van der Waals surface area contributed by atoms with Gasteiger partial charge in [-0.3, -0.25) is 14.9 Å². The maximum atomic E-state index is 12.6. The largest absolute Gasteiger partial charge is 0.496 e. The molecule has 1 atom stereocenters. The zero-order valence-electron chi connectivity index (χ0n) is 12.2. The van der Waals surface area contributed by atoms with Gasteiger partial charge in [-0.15, -0.1) is 0 Å². The number of nitro benzene ring substituents is 1. The number of rotatable bonds is 4. The molecule has 1 amide bonds. The Morgan fingerprint density at radius 3 is 2.86 bits per heavy atom. The molecule has 1 heterocycles. The van der Waals surface area contributed by atoms with Gasteiger partial charge in [-0.1, -0.05) is 0 Å². The average molecular weight is 293 g/mol. The molecule has 2 rings (SSSR count). The van der Waals surface area contributed by atoms with Gasteiger partial charge in [0, 0.05) is 25.7 Å². The lowest BCUT2D eigenvalue weighted by Gasteiger charge is -2.32. The first-order chi connectivity index (χ1) is 10.0. The van der Waals surface area contributed by atoms with E-state index in [1.54, 1.807) is 11.9 Å². The Morgan fingerprint density at radius 2 is 2.29 bits per heavy atom. The summed E-state index contributed by atoms with van der Waals surface area (Å²) < 4.78 is 5.13. The summed E-state index contributed by atoms with van der Waals surface area (Å²) >= 11 is 0. The van der Waals surface area contributed by atoms with E-state index in [0.29, 0.717) is 5.56 Å². The van der Waals surface area contributed by atoms with Crippen molar-refractivity contribution in [3.05, 3.63) is 33.9 Å². The molecule has 7 nitrogen and oxygen atoms in total. The van der Waals surface area contributed by atoms with Crippen LogP contribution in [0.3, 0.4) is 0 Å². The number of benzene rings is 1. The molecule has 1 saturated heterocycles. The van der Waals surface area contributed by atoms with E-state index in [0.717, 1.165) is 25.9 Å². The van der Waals surface area contributed by atoms with Gasteiger partial charge in [-0.2, -0.15) is 0 Å². The first kappa shape index (κ1) is 15.2. The molecule has 0 spiro atoms. The van der Waals surface area contributed by atoms with Crippen LogP contribution in [0.4, 0.5) is 5.69 Å². The normalized spacial score (nSPS) is 18.1. The number of hydrogen-bond donors (Lipinski definition) is 1. The summed E-state index contributed by atoms with van der Waals surface area (Å²) in [6.07, 6.45) is 1.98. The van der Waals surface area contributed by atoms with Crippen molar-refractivity contribution in [1.29, 1.82) is 0 Å². The molecule has 21 heavy (non-hydrogen) atoms. The van der Waals surface area contributed by atoms with Crippen LogP contribution in [-0.2, 0) is 0 Å². The fourth-order valence-electron chi connectivity index (χ4n) is 2.49. The molecule has 1 N–H and O–H groups in total. The number of carbonyl (C=O) groups is 1. The number of carbonyl (C=O) groups excluding carboxylic acids is 1. The third-order valence-electron chi connectivity index (χ3n) is 3.77. The predicted molar refractivity (Wildman–Crippen MR) is 77.6 cm³/mol. The predicted octanol–water partition coefficient (Wildman–Crippen LogP) is 1.43. The van der Waals surface area contributed by atoms with Crippen molar-refractivity contribution in [2.75, 3.05) is 27.2 Å². The minimum atomic E-state index is -0.508. The van der Waals surface area contributed by atoms with Gasteiger partial charge >= 0.3 is 0 Å². The molecule has 1 aromatic rings. The van der Waals surface area contributed by atoms with Crippen molar-refractivity contribution >= 4 is 11.6 Å². The zero-order valence-corrected chi connectivity index (χ0v) is 12.2. The monoisotopic (exact) mass is 293 g/mol. The molecule has 7 heteroatoms. The maximum Gasteiger partial charge on any atom is 0.273 e. The lowest BCUT2D eigenvalue weighted by Crippen LogP contribution is -2.46. The third kappa shape index (κ3) is 3.30. The van der Waals surface area contributed by atoms with Gasteiger partial charge in [0.1, 0.15) is 5.75 Å². The number of non-ortho nitro benzene ring substituents is 1. The minimum Gasteiger partial charge on any atom is -0.496 e. The molecule has 1 unspecified atom stereocenters. The first-order valence-electron chi connectivity index (χ1n) is 6.85. The van der Waals surface area contributed by atoms with Crippen molar-refractivity contribution in [2.45, 2.75) is 18.9 Å². The highest BCUT2D eigenvalue weighted by Gasteiger charge is 2.25. The molecule has 1 aromatic carbocycles. The van der Waals surface area contributed by atoms with Crippen LogP contribution in [0.2, 0.25) is 0 Å². The Hall–Kier alpha value is -2.15. The highest BCUT2D eigenvalue weighted by molar-refractivity contribution is 5.97. The van der Waals surface area contributed by atoms with Gasteiger partial charge < -0.3 is 15.0 Å². The molecular formula is C14H19N3O4. The summed E-state index contributed by atoms with van der Waals surface area (Å²) in [6, 6.07) is 4.18. The molecule has 1 aliphatic heterocycles. The Bertz CT molecular complexity index is 541. The summed E-state index contributed by atoms with van der Waals surface area (Å²) in [5.74, 6) is 0.0419. The number of nitro groups is 1. The number of piperidine rings is 1. The second-order valence-electron chi connectivity index (χ2n) is 5.06. The summed E-state index contributed by atoms with van der Waals surface area (Å²) in [4.78, 5) is 24.5. The van der Waals surface area contributed by atoms with E-state index in [1.165, 1.54) is 25.3 Å². The minimum absolute atomic E-state index is 0.0922. The Labute approximate surface area is 123 Å². The zero-order chi connectivity index (χ0) is 15.4. The molecular weight excluding hydrogens is 274 g/mol. The second-order valence-corrected chi connectivity index (χ2v) is 5.06. The number of nitrogens with one attached hydrogen (secondary N) is 1. The fraction of sp³-hybridized carbons (Fsp3) is 0.500. The number of amides is 1. The van der Waals surface area contributed by atoms with Gasteiger partial charge in [-0.05, 0) is 25.5 Å². The van der Waals surface area contributed by atoms with Gasteiger partial charge in [0.05, 0.1) is 23.7 Å². The summed E-state index contributed by atoms with van der Waals surface area (Å²) in [7, 11) is 3.15. The summed E-state index contributed by atoms with van der Waals surface area (Å²) in [5.41, 5.74) is 0.251. The van der Waals surface area contributed by atoms with Gasteiger partial charge in [0.15, 0.2) is 0 Å². The van der Waals surface area contributed by atoms with E-state index in [1.807, 2.05) is 0 Å². The Balaban J connectivity index is 2.23. The van der Waals surface area contributed by atoms with Crippen LogP contribution in [0.25, 0.3) is 0 Å². The number of ether oxygens (including phenoxy) is 1. The first-order valence-corrected chi connectivity index (χ1v) is 6.85. The van der Waals surface area contributed by atoms with Crippen molar-refractivity contribution in [2.24, 2.45) is 0 Å². The average Bonchev–Trinajstić information content (AvgIpc) is 2.53. The molecule has 0 saturated carbocycles. The highest BCUT2D eigenvalue weighted by atomic mass is 16.6. The number of nitrogens with zero attached hydrogens (tertiary/aromatic N) is 2. The van der Waals surface area contributed by atoms with Crippen LogP contribution in [0, 0.1) is 10.1 Å².